The quantitative estimate of drug-likeness (QED) is 0.442. The van der Waals surface area contributed by atoms with Crippen molar-refractivity contribution in [2.75, 3.05) is 6.26 Å². The fourth-order valence-electron chi connectivity index (χ4n) is 3.53. The molecule has 3 N–H and O–H groups in total. The van der Waals surface area contributed by atoms with Gasteiger partial charge in [0.15, 0.2) is 9.84 Å². The maximum Gasteiger partial charge on any atom is 0.256 e. The number of nitrogens with one attached hydrogen (secondary N) is 1. The number of aliphatic hydroxyl groups is 2. The first-order valence-corrected chi connectivity index (χ1v) is 11.4. The number of aromatic nitrogens is 2. The Kier molecular flexibility index (Phi) is 5.45. The molecule has 0 aliphatic heterocycles. The molecule has 2 aromatic carbocycles. The maximum absolute atomic E-state index is 12.7. The first-order chi connectivity index (χ1) is 14.8. The van der Waals surface area contributed by atoms with Crippen molar-refractivity contribution < 1.29 is 18.6 Å². The molecule has 0 aliphatic rings. The molecule has 0 aliphatic carbocycles. The van der Waals surface area contributed by atoms with Crippen LogP contribution in [0.15, 0.2) is 70.4 Å². The van der Waals surface area contributed by atoms with E-state index < -0.39 is 9.84 Å². The van der Waals surface area contributed by atoms with Crippen molar-refractivity contribution in [1.29, 1.82) is 0 Å². The lowest BCUT2D eigenvalue weighted by Gasteiger charge is -2.10. The average molecular weight is 436 g/mol. The minimum atomic E-state index is -3.29. The van der Waals surface area contributed by atoms with E-state index in [0.29, 0.717) is 39.0 Å². The normalized spacial score (nSPS) is 11.7. The van der Waals surface area contributed by atoms with E-state index in [1.165, 1.54) is 12.1 Å². The predicted molar refractivity (Wildman–Crippen MR) is 118 cm³/mol. The van der Waals surface area contributed by atoms with Crippen LogP contribution >= 0.6 is 0 Å². The van der Waals surface area contributed by atoms with E-state index in [4.69, 9.17) is 0 Å². The summed E-state index contributed by atoms with van der Waals surface area (Å²) < 4.78 is 23.3. The number of H-pyrrole nitrogens is 1. The molecule has 2 aromatic heterocycles. The third-order valence-corrected chi connectivity index (χ3v) is 6.17. The van der Waals surface area contributed by atoms with E-state index in [0.717, 1.165) is 11.8 Å². The molecule has 158 valence electrons. The molecular weight excluding hydrogens is 416 g/mol. The highest BCUT2D eigenvalue weighted by molar-refractivity contribution is 7.90. The van der Waals surface area contributed by atoms with Gasteiger partial charge in [-0.15, -0.1) is 0 Å². The van der Waals surface area contributed by atoms with Crippen molar-refractivity contribution in [3.63, 3.8) is 0 Å². The van der Waals surface area contributed by atoms with E-state index in [-0.39, 0.29) is 23.7 Å². The van der Waals surface area contributed by atoms with Crippen molar-refractivity contribution >= 4 is 20.6 Å². The Labute approximate surface area is 178 Å². The van der Waals surface area contributed by atoms with Crippen molar-refractivity contribution in [1.82, 2.24) is 9.97 Å². The van der Waals surface area contributed by atoms with Crippen molar-refractivity contribution in [2.45, 2.75) is 18.1 Å². The maximum atomic E-state index is 12.7. The summed E-state index contributed by atoms with van der Waals surface area (Å²) in [4.78, 5) is 20.4. The molecule has 0 atom stereocenters. The first kappa shape index (κ1) is 20.9. The lowest BCUT2D eigenvalue weighted by Crippen LogP contribution is -2.11. The molecule has 8 heteroatoms. The average Bonchev–Trinajstić information content (AvgIpc) is 2.77. The third-order valence-electron chi connectivity index (χ3n) is 5.04. The standard InChI is InChI=1S/C23H20N2O5S/c1-31(29,30)18-7-5-15(6-8-18)19-3-2-4-20(24-19)21-11-16-9-14(12-26)10-17(13-27)22(16)23(28)25-21/h2-11,26-27H,12-13H2,1H3,(H,25,28). The molecule has 0 amide bonds. The van der Waals surface area contributed by atoms with Crippen LogP contribution in [0.4, 0.5) is 0 Å². The lowest BCUT2D eigenvalue weighted by molar-refractivity contribution is 0.276. The number of rotatable bonds is 5. The zero-order valence-electron chi connectivity index (χ0n) is 16.7. The number of aromatic amines is 1. The summed E-state index contributed by atoms with van der Waals surface area (Å²) in [6.45, 7) is -0.522. The van der Waals surface area contributed by atoms with Crippen molar-refractivity contribution in [3.05, 3.63) is 82.1 Å². The second-order valence-corrected chi connectivity index (χ2v) is 9.27. The second-order valence-electron chi connectivity index (χ2n) is 7.25. The monoisotopic (exact) mass is 436 g/mol. The molecule has 4 rings (SSSR count). The summed E-state index contributed by atoms with van der Waals surface area (Å²) in [6, 6.07) is 16.9. The van der Waals surface area contributed by atoms with Crippen LogP contribution in [0.2, 0.25) is 0 Å². The van der Waals surface area contributed by atoms with Crippen LogP contribution < -0.4 is 5.56 Å². The van der Waals surface area contributed by atoms with Crippen LogP contribution in [-0.2, 0) is 23.1 Å². The zero-order valence-corrected chi connectivity index (χ0v) is 17.5. The molecule has 0 spiro atoms. The molecule has 0 unspecified atom stereocenters. The Hall–Kier alpha value is -3.33. The largest absolute Gasteiger partial charge is 0.392 e. The lowest BCUT2D eigenvalue weighted by atomic mass is 10.0. The fourth-order valence-corrected chi connectivity index (χ4v) is 4.16. The highest BCUT2D eigenvalue weighted by atomic mass is 32.2. The summed E-state index contributed by atoms with van der Waals surface area (Å²) in [5, 5.41) is 20.1. The summed E-state index contributed by atoms with van der Waals surface area (Å²) in [5.41, 5.74) is 3.07. The van der Waals surface area contributed by atoms with Gasteiger partial charge in [-0.25, -0.2) is 13.4 Å². The molecule has 0 saturated carbocycles. The van der Waals surface area contributed by atoms with Gasteiger partial charge in [-0.3, -0.25) is 4.79 Å². The Bertz CT molecular complexity index is 1440. The molecule has 0 radical (unpaired) electrons. The summed E-state index contributed by atoms with van der Waals surface area (Å²) >= 11 is 0. The van der Waals surface area contributed by atoms with Crippen LogP contribution in [0.5, 0.6) is 0 Å². The minimum absolute atomic E-state index is 0.206. The van der Waals surface area contributed by atoms with Crippen LogP contribution in [0.1, 0.15) is 11.1 Å². The van der Waals surface area contributed by atoms with Gasteiger partial charge < -0.3 is 15.2 Å². The number of benzene rings is 2. The molecule has 7 nitrogen and oxygen atoms in total. The molecule has 0 fully saturated rings. The van der Waals surface area contributed by atoms with Gasteiger partial charge in [0.2, 0.25) is 0 Å². The van der Waals surface area contributed by atoms with Gasteiger partial charge in [-0.1, -0.05) is 24.3 Å². The van der Waals surface area contributed by atoms with Gasteiger partial charge >= 0.3 is 0 Å². The van der Waals surface area contributed by atoms with Gasteiger partial charge in [0.25, 0.3) is 5.56 Å². The van der Waals surface area contributed by atoms with Crippen molar-refractivity contribution in [3.8, 4) is 22.6 Å². The van der Waals surface area contributed by atoms with Crippen LogP contribution in [0.25, 0.3) is 33.4 Å². The smallest absolute Gasteiger partial charge is 0.256 e. The van der Waals surface area contributed by atoms with Crippen LogP contribution in [-0.4, -0.2) is 34.9 Å². The van der Waals surface area contributed by atoms with Gasteiger partial charge in [-0.05, 0) is 52.9 Å². The van der Waals surface area contributed by atoms with E-state index in [9.17, 15) is 23.4 Å². The Morgan fingerprint density at radius 2 is 1.65 bits per heavy atom. The molecular formula is C23H20N2O5S. The Morgan fingerprint density at radius 1 is 0.935 bits per heavy atom. The Morgan fingerprint density at radius 3 is 2.29 bits per heavy atom. The summed E-state index contributed by atoms with van der Waals surface area (Å²) in [6.07, 6.45) is 1.15. The molecule has 0 saturated heterocycles. The zero-order chi connectivity index (χ0) is 22.2. The topological polar surface area (TPSA) is 120 Å². The van der Waals surface area contributed by atoms with E-state index >= 15 is 0 Å². The third kappa shape index (κ3) is 4.13. The number of sulfone groups is 1. The van der Waals surface area contributed by atoms with E-state index in [1.807, 2.05) is 0 Å². The molecule has 4 aromatic rings. The van der Waals surface area contributed by atoms with Crippen LogP contribution in [0.3, 0.4) is 0 Å². The summed E-state index contributed by atoms with van der Waals surface area (Å²) in [7, 11) is -3.29. The van der Waals surface area contributed by atoms with E-state index in [2.05, 4.69) is 9.97 Å². The Balaban J connectivity index is 1.81. The van der Waals surface area contributed by atoms with Gasteiger partial charge in [0.1, 0.15) is 0 Å². The van der Waals surface area contributed by atoms with Gasteiger partial charge in [0.05, 0.1) is 40.6 Å². The van der Waals surface area contributed by atoms with Gasteiger partial charge in [-0.2, -0.15) is 0 Å². The predicted octanol–water partition coefficient (Wildman–Crippen LogP) is 2.65. The number of hydrogen-bond acceptors (Lipinski definition) is 6. The highest BCUT2D eigenvalue weighted by Gasteiger charge is 2.12. The van der Waals surface area contributed by atoms with Gasteiger partial charge in [0, 0.05) is 11.8 Å². The van der Waals surface area contributed by atoms with Crippen molar-refractivity contribution in [2.24, 2.45) is 0 Å². The number of nitrogens with zero attached hydrogens (tertiary/aromatic N) is 1. The first-order valence-electron chi connectivity index (χ1n) is 9.48. The van der Waals surface area contributed by atoms with Crippen LogP contribution in [0, 0.1) is 0 Å². The number of hydrogen-bond donors (Lipinski definition) is 3. The highest BCUT2D eigenvalue weighted by Crippen LogP contribution is 2.25. The minimum Gasteiger partial charge on any atom is -0.392 e. The van der Waals surface area contributed by atoms with E-state index in [1.54, 1.807) is 48.5 Å². The second kappa shape index (κ2) is 8.07. The molecule has 31 heavy (non-hydrogen) atoms. The number of aliphatic hydroxyl groups excluding tert-OH is 2. The fraction of sp³-hybridized carbons (Fsp3) is 0.130. The SMILES string of the molecule is CS(=O)(=O)c1ccc(-c2cccc(-c3cc4cc(CO)cc(CO)c4c(=O)[nH]3)n2)cc1. The molecule has 2 heterocycles. The molecule has 0 bridgehead atoms. The number of pyridine rings is 2. The summed E-state index contributed by atoms with van der Waals surface area (Å²) in [5.74, 6) is 0. The number of fused-ring (bicyclic) bond motifs is 1.